The zero-order chi connectivity index (χ0) is 15.0. The summed E-state index contributed by atoms with van der Waals surface area (Å²) in [7, 11) is 3.23. The van der Waals surface area contributed by atoms with Crippen LogP contribution in [0, 0.1) is 0 Å². The van der Waals surface area contributed by atoms with Gasteiger partial charge in [0.2, 0.25) is 0 Å². The quantitative estimate of drug-likeness (QED) is 0.756. The van der Waals surface area contributed by atoms with Crippen molar-refractivity contribution in [3.05, 3.63) is 23.8 Å². The van der Waals surface area contributed by atoms with Crippen molar-refractivity contribution in [1.82, 2.24) is 4.90 Å². The number of unbranched alkanes of at least 4 members (excludes halogenated alkanes) is 1. The third-order valence-electron chi connectivity index (χ3n) is 3.51. The van der Waals surface area contributed by atoms with Gasteiger partial charge in [0.15, 0.2) is 0 Å². The topological polar surface area (TPSA) is 41.9 Å². The molecule has 0 aliphatic carbocycles. The predicted molar refractivity (Wildman–Crippen MR) is 81.5 cm³/mol. The molecule has 1 N–H and O–H groups in total. The van der Waals surface area contributed by atoms with Crippen molar-refractivity contribution in [3.8, 4) is 11.5 Å². The Labute approximate surface area is 122 Å². The third-order valence-corrected chi connectivity index (χ3v) is 3.51. The molecule has 0 spiro atoms. The van der Waals surface area contributed by atoms with Crippen LogP contribution in [-0.2, 0) is 0 Å². The first kappa shape index (κ1) is 16.8. The number of methoxy groups -OCH3 is 2. The summed E-state index contributed by atoms with van der Waals surface area (Å²) in [4.78, 5) is 2.26. The molecule has 1 aromatic rings. The monoisotopic (exact) mass is 281 g/mol. The molecule has 1 aromatic carbocycles. The van der Waals surface area contributed by atoms with Crippen LogP contribution in [0.15, 0.2) is 18.2 Å². The van der Waals surface area contributed by atoms with E-state index in [9.17, 15) is 5.11 Å². The summed E-state index contributed by atoms with van der Waals surface area (Å²) in [6, 6.07) is 5.53. The molecule has 0 heterocycles. The SMILES string of the molecule is CCCCN(CC)CC(O)c1ccc(OC)cc1OC. The maximum Gasteiger partial charge on any atom is 0.128 e. The fraction of sp³-hybridized carbons (Fsp3) is 0.625. The highest BCUT2D eigenvalue weighted by Gasteiger charge is 2.17. The van der Waals surface area contributed by atoms with Gasteiger partial charge in [-0.25, -0.2) is 0 Å². The minimum atomic E-state index is -0.548. The smallest absolute Gasteiger partial charge is 0.128 e. The number of aliphatic hydroxyl groups excluding tert-OH is 1. The number of hydrogen-bond donors (Lipinski definition) is 1. The average Bonchev–Trinajstić information content (AvgIpc) is 2.50. The second-order valence-corrected chi connectivity index (χ2v) is 4.87. The molecule has 0 fully saturated rings. The Kier molecular flexibility index (Phi) is 7.41. The van der Waals surface area contributed by atoms with Gasteiger partial charge in [-0.3, -0.25) is 0 Å². The Morgan fingerprint density at radius 1 is 1.20 bits per heavy atom. The lowest BCUT2D eigenvalue weighted by Gasteiger charge is -2.24. The number of likely N-dealkylation sites (N-methyl/N-ethyl adjacent to an activating group) is 1. The van der Waals surface area contributed by atoms with Gasteiger partial charge in [0.25, 0.3) is 0 Å². The van der Waals surface area contributed by atoms with E-state index in [4.69, 9.17) is 9.47 Å². The first-order valence-electron chi connectivity index (χ1n) is 7.28. The molecule has 1 rings (SSSR count). The van der Waals surface area contributed by atoms with E-state index in [-0.39, 0.29) is 0 Å². The molecule has 0 radical (unpaired) electrons. The van der Waals surface area contributed by atoms with E-state index in [2.05, 4.69) is 18.7 Å². The molecule has 0 aliphatic rings. The lowest BCUT2D eigenvalue weighted by Crippen LogP contribution is -2.29. The number of benzene rings is 1. The van der Waals surface area contributed by atoms with Crippen molar-refractivity contribution < 1.29 is 14.6 Å². The molecule has 0 aliphatic heterocycles. The van der Waals surface area contributed by atoms with Crippen LogP contribution in [-0.4, -0.2) is 43.9 Å². The van der Waals surface area contributed by atoms with Gasteiger partial charge in [-0.1, -0.05) is 20.3 Å². The minimum Gasteiger partial charge on any atom is -0.497 e. The van der Waals surface area contributed by atoms with Gasteiger partial charge in [0.05, 0.1) is 20.3 Å². The van der Waals surface area contributed by atoms with Crippen LogP contribution in [0.2, 0.25) is 0 Å². The van der Waals surface area contributed by atoms with Crippen molar-refractivity contribution in [3.63, 3.8) is 0 Å². The summed E-state index contributed by atoms with van der Waals surface area (Å²) in [6.45, 7) is 6.88. The van der Waals surface area contributed by atoms with Crippen molar-refractivity contribution in [2.45, 2.75) is 32.8 Å². The Morgan fingerprint density at radius 2 is 1.95 bits per heavy atom. The van der Waals surface area contributed by atoms with E-state index in [1.54, 1.807) is 20.3 Å². The number of aliphatic hydroxyl groups is 1. The summed E-state index contributed by atoms with van der Waals surface area (Å²) in [5, 5.41) is 10.4. The predicted octanol–water partition coefficient (Wildman–Crippen LogP) is 2.86. The Morgan fingerprint density at radius 3 is 2.50 bits per heavy atom. The molecule has 0 amide bonds. The van der Waals surface area contributed by atoms with Crippen LogP contribution in [0.5, 0.6) is 11.5 Å². The van der Waals surface area contributed by atoms with Gasteiger partial charge in [0, 0.05) is 18.2 Å². The van der Waals surface area contributed by atoms with Crippen LogP contribution in [0.4, 0.5) is 0 Å². The second-order valence-electron chi connectivity index (χ2n) is 4.87. The Hall–Kier alpha value is -1.26. The highest BCUT2D eigenvalue weighted by molar-refractivity contribution is 5.42. The average molecular weight is 281 g/mol. The standard InChI is InChI=1S/C16H27NO3/c1-5-7-10-17(6-2)12-15(18)14-9-8-13(19-3)11-16(14)20-4/h8-9,11,15,18H,5-7,10,12H2,1-4H3. The molecule has 0 saturated heterocycles. The van der Waals surface area contributed by atoms with Gasteiger partial charge in [-0.2, -0.15) is 0 Å². The maximum atomic E-state index is 10.4. The van der Waals surface area contributed by atoms with E-state index >= 15 is 0 Å². The summed E-state index contributed by atoms with van der Waals surface area (Å²) < 4.78 is 10.5. The third kappa shape index (κ3) is 4.69. The van der Waals surface area contributed by atoms with Gasteiger partial charge >= 0.3 is 0 Å². The van der Waals surface area contributed by atoms with E-state index < -0.39 is 6.10 Å². The fourth-order valence-corrected chi connectivity index (χ4v) is 2.20. The van der Waals surface area contributed by atoms with Crippen LogP contribution >= 0.6 is 0 Å². The Balaban J connectivity index is 2.77. The molecule has 0 saturated carbocycles. The van der Waals surface area contributed by atoms with Crippen LogP contribution < -0.4 is 9.47 Å². The van der Waals surface area contributed by atoms with Gasteiger partial charge in [-0.15, -0.1) is 0 Å². The normalized spacial score (nSPS) is 12.5. The molecule has 0 aromatic heterocycles. The maximum absolute atomic E-state index is 10.4. The molecule has 0 bridgehead atoms. The number of rotatable bonds is 9. The van der Waals surface area contributed by atoms with E-state index in [1.165, 1.54) is 6.42 Å². The molecule has 114 valence electrons. The lowest BCUT2D eigenvalue weighted by molar-refractivity contribution is 0.112. The molecule has 1 unspecified atom stereocenters. The van der Waals surface area contributed by atoms with Crippen molar-refractivity contribution >= 4 is 0 Å². The lowest BCUT2D eigenvalue weighted by atomic mass is 10.1. The van der Waals surface area contributed by atoms with Crippen molar-refractivity contribution in [2.75, 3.05) is 33.9 Å². The van der Waals surface area contributed by atoms with Crippen molar-refractivity contribution in [1.29, 1.82) is 0 Å². The van der Waals surface area contributed by atoms with Gasteiger partial charge in [-0.05, 0) is 31.6 Å². The fourth-order valence-electron chi connectivity index (χ4n) is 2.20. The number of hydrogen-bond acceptors (Lipinski definition) is 4. The number of ether oxygens (including phenoxy) is 2. The summed E-state index contributed by atoms with van der Waals surface area (Å²) in [5.41, 5.74) is 0.809. The second kappa shape index (κ2) is 8.82. The zero-order valence-electron chi connectivity index (χ0n) is 13.1. The highest BCUT2D eigenvalue weighted by atomic mass is 16.5. The summed E-state index contributed by atoms with van der Waals surface area (Å²) in [6.07, 6.45) is 1.77. The van der Waals surface area contributed by atoms with E-state index in [0.717, 1.165) is 30.8 Å². The van der Waals surface area contributed by atoms with Crippen LogP contribution in [0.1, 0.15) is 38.4 Å². The van der Waals surface area contributed by atoms with Gasteiger partial charge in [0.1, 0.15) is 11.5 Å². The van der Waals surface area contributed by atoms with Crippen LogP contribution in [0.25, 0.3) is 0 Å². The first-order chi connectivity index (χ1) is 9.65. The highest BCUT2D eigenvalue weighted by Crippen LogP contribution is 2.29. The van der Waals surface area contributed by atoms with E-state index in [0.29, 0.717) is 12.3 Å². The molecular formula is C16H27NO3. The molecular weight excluding hydrogens is 254 g/mol. The van der Waals surface area contributed by atoms with Gasteiger partial charge < -0.3 is 19.5 Å². The first-order valence-corrected chi connectivity index (χ1v) is 7.28. The van der Waals surface area contributed by atoms with Crippen LogP contribution in [0.3, 0.4) is 0 Å². The Bertz CT molecular complexity index is 395. The minimum absolute atomic E-state index is 0.548. The summed E-state index contributed by atoms with van der Waals surface area (Å²) in [5.74, 6) is 1.40. The molecule has 4 nitrogen and oxygen atoms in total. The van der Waals surface area contributed by atoms with E-state index in [1.807, 2.05) is 12.1 Å². The zero-order valence-corrected chi connectivity index (χ0v) is 13.1. The molecule has 20 heavy (non-hydrogen) atoms. The van der Waals surface area contributed by atoms with Crippen molar-refractivity contribution in [2.24, 2.45) is 0 Å². The summed E-state index contributed by atoms with van der Waals surface area (Å²) >= 11 is 0. The molecule has 4 heteroatoms. The number of nitrogens with zero attached hydrogens (tertiary/aromatic N) is 1. The largest absolute Gasteiger partial charge is 0.497 e. The molecule has 1 atom stereocenters.